The predicted octanol–water partition coefficient (Wildman–Crippen LogP) is 2.12. The van der Waals surface area contributed by atoms with Crippen molar-refractivity contribution >= 4 is 5.69 Å². The molecule has 0 fully saturated rings. The van der Waals surface area contributed by atoms with Crippen LogP contribution in [0.25, 0.3) is 0 Å². The van der Waals surface area contributed by atoms with Gasteiger partial charge in [-0.2, -0.15) is 0 Å². The van der Waals surface area contributed by atoms with Gasteiger partial charge in [0.25, 0.3) is 5.69 Å². The Balaban J connectivity index is 2.65. The number of nitro groups is 1. The molecule has 0 saturated carbocycles. The Kier molecular flexibility index (Phi) is 6.24. The zero-order valence-corrected chi connectivity index (χ0v) is 11.5. The maximum absolute atomic E-state index is 10.7. The molecule has 1 atom stereocenters. The van der Waals surface area contributed by atoms with Crippen LogP contribution in [0.1, 0.15) is 19.4 Å². The quantitative estimate of drug-likeness (QED) is 0.577. The lowest BCUT2D eigenvalue weighted by molar-refractivity contribution is -0.384. The topological polar surface area (TPSA) is 73.6 Å². The van der Waals surface area contributed by atoms with Crippen LogP contribution in [-0.2, 0) is 11.3 Å². The Morgan fingerprint density at radius 2 is 2.21 bits per heavy atom. The highest BCUT2D eigenvalue weighted by atomic mass is 16.6. The largest absolute Gasteiger partial charge is 0.496 e. The standard InChI is InChI=1S/C13H20N2O4/c1-4-19-10(2)8-14-9-11-7-12(15(16)17)5-6-13(11)18-3/h5-7,10,14H,4,8-9H2,1-3H3. The molecule has 6 nitrogen and oxygen atoms in total. The van der Waals surface area contributed by atoms with Crippen LogP contribution in [0.5, 0.6) is 5.75 Å². The van der Waals surface area contributed by atoms with E-state index in [4.69, 9.17) is 9.47 Å². The first kappa shape index (κ1) is 15.4. The van der Waals surface area contributed by atoms with Gasteiger partial charge in [0.15, 0.2) is 0 Å². The Labute approximate surface area is 112 Å². The molecule has 1 aromatic rings. The van der Waals surface area contributed by atoms with Crippen LogP contribution in [0, 0.1) is 10.1 Å². The molecular weight excluding hydrogens is 248 g/mol. The molecule has 0 aliphatic carbocycles. The SMILES string of the molecule is CCOC(C)CNCc1cc([N+](=O)[O-])ccc1OC. The summed E-state index contributed by atoms with van der Waals surface area (Å²) in [6, 6.07) is 4.57. The number of nitro benzene ring substituents is 1. The lowest BCUT2D eigenvalue weighted by Crippen LogP contribution is -2.26. The van der Waals surface area contributed by atoms with E-state index in [1.54, 1.807) is 13.2 Å². The highest BCUT2D eigenvalue weighted by Gasteiger charge is 2.11. The second-order valence-corrected chi connectivity index (χ2v) is 4.15. The van der Waals surface area contributed by atoms with Gasteiger partial charge in [-0.1, -0.05) is 0 Å². The molecule has 6 heteroatoms. The molecule has 0 radical (unpaired) electrons. The monoisotopic (exact) mass is 268 g/mol. The normalized spacial score (nSPS) is 12.2. The molecule has 0 heterocycles. The lowest BCUT2D eigenvalue weighted by atomic mass is 10.1. The molecule has 19 heavy (non-hydrogen) atoms. The summed E-state index contributed by atoms with van der Waals surface area (Å²) in [6.07, 6.45) is 0.106. The van der Waals surface area contributed by atoms with E-state index in [1.165, 1.54) is 12.1 Å². The molecule has 0 spiro atoms. The third-order valence-corrected chi connectivity index (χ3v) is 2.67. The molecule has 0 aliphatic rings. The summed E-state index contributed by atoms with van der Waals surface area (Å²) < 4.78 is 10.6. The molecule has 0 aromatic heterocycles. The summed E-state index contributed by atoms with van der Waals surface area (Å²) in [5.74, 6) is 0.641. The average Bonchev–Trinajstić information content (AvgIpc) is 2.38. The van der Waals surface area contributed by atoms with Crippen molar-refractivity contribution in [2.75, 3.05) is 20.3 Å². The zero-order chi connectivity index (χ0) is 14.3. The van der Waals surface area contributed by atoms with Crippen molar-refractivity contribution in [3.63, 3.8) is 0 Å². The van der Waals surface area contributed by atoms with E-state index in [0.29, 0.717) is 25.4 Å². The van der Waals surface area contributed by atoms with Gasteiger partial charge in [0.05, 0.1) is 18.1 Å². The number of non-ortho nitro benzene ring substituents is 1. The number of hydrogen-bond acceptors (Lipinski definition) is 5. The minimum absolute atomic E-state index is 0.0652. The smallest absolute Gasteiger partial charge is 0.270 e. The van der Waals surface area contributed by atoms with Crippen LogP contribution in [0.3, 0.4) is 0 Å². The number of hydrogen-bond donors (Lipinski definition) is 1. The lowest BCUT2D eigenvalue weighted by Gasteiger charge is -2.13. The third kappa shape index (κ3) is 4.84. The summed E-state index contributed by atoms with van der Waals surface area (Å²) >= 11 is 0. The summed E-state index contributed by atoms with van der Waals surface area (Å²) in [5, 5.41) is 13.9. The Bertz CT molecular complexity index is 423. The van der Waals surface area contributed by atoms with Crippen LogP contribution in [0.4, 0.5) is 5.69 Å². The average molecular weight is 268 g/mol. The molecule has 0 aliphatic heterocycles. The Morgan fingerprint density at radius 3 is 2.79 bits per heavy atom. The van der Waals surface area contributed by atoms with Crippen molar-refractivity contribution in [3.8, 4) is 5.75 Å². The van der Waals surface area contributed by atoms with Crippen molar-refractivity contribution < 1.29 is 14.4 Å². The fourth-order valence-corrected chi connectivity index (χ4v) is 1.77. The molecule has 106 valence electrons. The van der Waals surface area contributed by atoms with E-state index in [-0.39, 0.29) is 11.8 Å². The fourth-order valence-electron chi connectivity index (χ4n) is 1.77. The van der Waals surface area contributed by atoms with Crippen LogP contribution in [0.15, 0.2) is 18.2 Å². The van der Waals surface area contributed by atoms with E-state index in [9.17, 15) is 10.1 Å². The zero-order valence-electron chi connectivity index (χ0n) is 11.5. The van der Waals surface area contributed by atoms with Gasteiger partial charge in [-0.3, -0.25) is 10.1 Å². The minimum atomic E-state index is -0.411. The van der Waals surface area contributed by atoms with Gasteiger partial charge in [-0.05, 0) is 19.9 Å². The number of nitrogens with zero attached hydrogens (tertiary/aromatic N) is 1. The Hall–Kier alpha value is -1.66. The van der Waals surface area contributed by atoms with Gasteiger partial charge in [0.1, 0.15) is 5.75 Å². The molecule has 1 unspecified atom stereocenters. The van der Waals surface area contributed by atoms with Crippen LogP contribution >= 0.6 is 0 Å². The molecule has 1 rings (SSSR count). The molecule has 1 aromatic carbocycles. The maximum Gasteiger partial charge on any atom is 0.270 e. The highest BCUT2D eigenvalue weighted by Crippen LogP contribution is 2.23. The number of nitrogens with one attached hydrogen (secondary N) is 1. The fraction of sp³-hybridized carbons (Fsp3) is 0.538. The first-order valence-corrected chi connectivity index (χ1v) is 6.22. The van der Waals surface area contributed by atoms with Gasteiger partial charge in [0.2, 0.25) is 0 Å². The van der Waals surface area contributed by atoms with E-state index in [0.717, 1.165) is 5.56 Å². The van der Waals surface area contributed by atoms with Crippen LogP contribution < -0.4 is 10.1 Å². The van der Waals surface area contributed by atoms with Gasteiger partial charge in [-0.25, -0.2) is 0 Å². The van der Waals surface area contributed by atoms with E-state index in [1.807, 2.05) is 13.8 Å². The van der Waals surface area contributed by atoms with E-state index >= 15 is 0 Å². The van der Waals surface area contributed by atoms with Crippen molar-refractivity contribution in [2.24, 2.45) is 0 Å². The number of ether oxygens (including phenoxy) is 2. The molecule has 0 amide bonds. The van der Waals surface area contributed by atoms with Gasteiger partial charge in [-0.15, -0.1) is 0 Å². The summed E-state index contributed by atoms with van der Waals surface area (Å²) in [7, 11) is 1.55. The second kappa shape index (κ2) is 7.70. The molecular formula is C13H20N2O4. The predicted molar refractivity (Wildman–Crippen MR) is 72.4 cm³/mol. The number of methoxy groups -OCH3 is 1. The van der Waals surface area contributed by atoms with Crippen molar-refractivity contribution in [2.45, 2.75) is 26.5 Å². The third-order valence-electron chi connectivity index (χ3n) is 2.67. The summed E-state index contributed by atoms with van der Waals surface area (Å²) in [6.45, 7) is 5.77. The Morgan fingerprint density at radius 1 is 1.47 bits per heavy atom. The van der Waals surface area contributed by atoms with E-state index in [2.05, 4.69) is 5.32 Å². The van der Waals surface area contributed by atoms with Gasteiger partial charge < -0.3 is 14.8 Å². The molecule has 0 saturated heterocycles. The summed E-state index contributed by atoms with van der Waals surface area (Å²) in [4.78, 5) is 10.3. The first-order chi connectivity index (χ1) is 9.08. The van der Waals surface area contributed by atoms with Crippen molar-refractivity contribution in [1.82, 2.24) is 5.32 Å². The number of benzene rings is 1. The second-order valence-electron chi connectivity index (χ2n) is 4.15. The van der Waals surface area contributed by atoms with Crippen molar-refractivity contribution in [1.29, 1.82) is 0 Å². The van der Waals surface area contributed by atoms with Crippen molar-refractivity contribution in [3.05, 3.63) is 33.9 Å². The maximum atomic E-state index is 10.7. The highest BCUT2D eigenvalue weighted by molar-refractivity contribution is 5.43. The van der Waals surface area contributed by atoms with E-state index < -0.39 is 4.92 Å². The van der Waals surface area contributed by atoms with Gasteiger partial charge in [0, 0.05) is 37.4 Å². The minimum Gasteiger partial charge on any atom is -0.496 e. The van der Waals surface area contributed by atoms with Crippen LogP contribution in [0.2, 0.25) is 0 Å². The van der Waals surface area contributed by atoms with Crippen LogP contribution in [-0.4, -0.2) is 31.3 Å². The first-order valence-electron chi connectivity index (χ1n) is 6.22. The van der Waals surface area contributed by atoms with Gasteiger partial charge >= 0.3 is 0 Å². The summed E-state index contributed by atoms with van der Waals surface area (Å²) in [5.41, 5.74) is 0.829. The molecule has 0 bridgehead atoms. The number of rotatable bonds is 8. The molecule has 1 N–H and O–H groups in total.